The van der Waals surface area contributed by atoms with Gasteiger partial charge in [0.2, 0.25) is 0 Å². The number of nitrogens with one attached hydrogen (secondary N) is 2. The molecule has 4 rings (SSSR count). The van der Waals surface area contributed by atoms with Gasteiger partial charge in [-0.1, -0.05) is 0 Å². The van der Waals surface area contributed by atoms with Crippen LogP contribution in [-0.4, -0.2) is 61.1 Å². The summed E-state index contributed by atoms with van der Waals surface area (Å²) in [5, 5.41) is 5.59. The lowest BCUT2D eigenvalue weighted by Crippen LogP contribution is -2.63. The summed E-state index contributed by atoms with van der Waals surface area (Å²) in [5.41, 5.74) is 0.595. The molecule has 0 saturated carbocycles. The highest BCUT2D eigenvalue weighted by Crippen LogP contribution is 2.15. The minimum absolute atomic E-state index is 0.241. The average Bonchev–Trinajstić information content (AvgIpc) is 2.49. The topological polar surface area (TPSA) is 47.6 Å². The second-order valence-electron chi connectivity index (χ2n) is 5.33. The lowest BCUT2D eigenvalue weighted by Gasteiger charge is -2.47. The van der Waals surface area contributed by atoms with Crippen LogP contribution in [0.5, 0.6) is 0 Å². The van der Waals surface area contributed by atoms with Crippen LogP contribution in [0.4, 0.5) is 14.9 Å². The fourth-order valence-electron chi connectivity index (χ4n) is 2.84. The minimum Gasteiger partial charge on any atom is -0.336 e. The van der Waals surface area contributed by atoms with Gasteiger partial charge in [0, 0.05) is 51.0 Å². The van der Waals surface area contributed by atoms with Gasteiger partial charge < -0.3 is 10.6 Å². The van der Waals surface area contributed by atoms with Gasteiger partial charge in [-0.05, 0) is 24.3 Å². The fraction of sp³-hybridized carbons (Fsp3) is 0.500. The minimum atomic E-state index is -0.309. The summed E-state index contributed by atoms with van der Waals surface area (Å²) in [6.45, 7) is 6.12. The van der Waals surface area contributed by atoms with Crippen LogP contribution in [0, 0.1) is 5.82 Å². The molecule has 108 valence electrons. The van der Waals surface area contributed by atoms with Crippen molar-refractivity contribution < 1.29 is 9.18 Å². The van der Waals surface area contributed by atoms with E-state index in [1.165, 1.54) is 12.1 Å². The van der Waals surface area contributed by atoms with E-state index < -0.39 is 0 Å². The molecule has 3 aliphatic rings. The molecule has 3 fully saturated rings. The molecule has 5 nitrogen and oxygen atoms in total. The maximum atomic E-state index is 12.8. The third-order valence-electron chi connectivity index (χ3n) is 3.99. The van der Waals surface area contributed by atoms with Crippen LogP contribution < -0.4 is 10.6 Å². The summed E-state index contributed by atoms with van der Waals surface area (Å²) in [4.78, 5) is 16.7. The highest BCUT2D eigenvalue weighted by Gasteiger charge is 2.31. The second kappa shape index (κ2) is 5.76. The Balaban J connectivity index is 1.46. The van der Waals surface area contributed by atoms with E-state index in [9.17, 15) is 9.18 Å². The van der Waals surface area contributed by atoms with Gasteiger partial charge in [-0.15, -0.1) is 0 Å². The van der Waals surface area contributed by atoms with Gasteiger partial charge in [0.15, 0.2) is 0 Å². The number of rotatable bonds is 3. The molecule has 2 bridgehead atoms. The van der Waals surface area contributed by atoms with E-state index in [4.69, 9.17) is 0 Å². The molecule has 6 heteroatoms. The van der Waals surface area contributed by atoms with Crippen molar-refractivity contribution in [1.82, 2.24) is 15.1 Å². The van der Waals surface area contributed by atoms with Crippen LogP contribution in [0.15, 0.2) is 24.3 Å². The third kappa shape index (κ3) is 3.08. The standard InChI is InChI=1S/C14H19FN4O/c15-11-1-3-12(4-2-11)17-14(20)16-9-13-10-18-5-7-19(13)8-6-18/h1-4,13H,5-10H2,(H2,16,17,20). The second-order valence-corrected chi connectivity index (χ2v) is 5.33. The van der Waals surface area contributed by atoms with E-state index in [1.807, 2.05) is 0 Å². The number of urea groups is 1. The molecule has 1 aromatic rings. The number of carbonyl (C=O) groups excluding carboxylic acids is 1. The van der Waals surface area contributed by atoms with Gasteiger partial charge in [-0.2, -0.15) is 0 Å². The Kier molecular flexibility index (Phi) is 3.84. The molecule has 2 amide bonds. The number of anilines is 1. The van der Waals surface area contributed by atoms with Crippen LogP contribution in [-0.2, 0) is 0 Å². The first-order chi connectivity index (χ1) is 9.70. The van der Waals surface area contributed by atoms with E-state index in [0.29, 0.717) is 18.3 Å². The zero-order valence-corrected chi connectivity index (χ0v) is 11.3. The van der Waals surface area contributed by atoms with Crippen molar-refractivity contribution >= 4 is 11.7 Å². The Morgan fingerprint density at radius 1 is 1.20 bits per heavy atom. The van der Waals surface area contributed by atoms with Crippen molar-refractivity contribution in [2.24, 2.45) is 0 Å². The first kappa shape index (κ1) is 13.3. The number of hydrogen-bond acceptors (Lipinski definition) is 3. The summed E-state index contributed by atoms with van der Waals surface area (Å²) in [5.74, 6) is -0.309. The van der Waals surface area contributed by atoms with Gasteiger partial charge in [-0.3, -0.25) is 9.80 Å². The first-order valence-electron chi connectivity index (χ1n) is 6.97. The number of benzene rings is 1. The molecule has 0 radical (unpaired) electrons. The lowest BCUT2D eigenvalue weighted by molar-refractivity contribution is 0.0149. The van der Waals surface area contributed by atoms with Crippen LogP contribution in [0.25, 0.3) is 0 Å². The largest absolute Gasteiger partial charge is 0.336 e. The number of amides is 2. The molecule has 0 aliphatic carbocycles. The van der Waals surface area contributed by atoms with Gasteiger partial charge >= 0.3 is 6.03 Å². The zero-order chi connectivity index (χ0) is 13.9. The molecule has 1 atom stereocenters. The van der Waals surface area contributed by atoms with Crippen LogP contribution in [0.3, 0.4) is 0 Å². The summed E-state index contributed by atoms with van der Waals surface area (Å²) in [6, 6.07) is 5.91. The molecular formula is C14H19FN4O. The number of nitrogens with zero attached hydrogens (tertiary/aromatic N) is 2. The number of fused-ring (bicyclic) bond motifs is 3. The van der Waals surface area contributed by atoms with Gasteiger partial charge in [0.05, 0.1) is 0 Å². The van der Waals surface area contributed by atoms with Gasteiger partial charge in [-0.25, -0.2) is 9.18 Å². The van der Waals surface area contributed by atoms with Gasteiger partial charge in [0.1, 0.15) is 5.82 Å². The summed E-state index contributed by atoms with van der Waals surface area (Å²) in [7, 11) is 0. The Morgan fingerprint density at radius 2 is 1.90 bits per heavy atom. The summed E-state index contributed by atoms with van der Waals surface area (Å²) in [6.07, 6.45) is 0. The highest BCUT2D eigenvalue weighted by atomic mass is 19.1. The molecule has 2 N–H and O–H groups in total. The highest BCUT2D eigenvalue weighted by molar-refractivity contribution is 5.89. The summed E-state index contributed by atoms with van der Waals surface area (Å²) < 4.78 is 12.8. The first-order valence-corrected chi connectivity index (χ1v) is 6.97. The predicted octanol–water partition coefficient (Wildman–Crippen LogP) is 0.947. The number of halogens is 1. The normalized spacial score (nSPS) is 28.1. The Hall–Kier alpha value is -1.66. The Labute approximate surface area is 117 Å². The van der Waals surface area contributed by atoms with Crippen LogP contribution in [0.2, 0.25) is 0 Å². The zero-order valence-electron chi connectivity index (χ0n) is 11.3. The van der Waals surface area contributed by atoms with E-state index in [0.717, 1.165) is 32.7 Å². The number of carbonyl (C=O) groups is 1. The number of hydrogen-bond donors (Lipinski definition) is 2. The van der Waals surface area contributed by atoms with Crippen molar-refractivity contribution in [3.05, 3.63) is 30.1 Å². The predicted molar refractivity (Wildman–Crippen MR) is 75.2 cm³/mol. The van der Waals surface area contributed by atoms with Crippen molar-refractivity contribution in [1.29, 1.82) is 0 Å². The molecule has 1 aromatic carbocycles. The van der Waals surface area contributed by atoms with Crippen molar-refractivity contribution in [2.75, 3.05) is 44.6 Å². The molecule has 3 aliphatic heterocycles. The maximum Gasteiger partial charge on any atom is 0.319 e. The molecule has 0 aromatic heterocycles. The fourth-order valence-corrected chi connectivity index (χ4v) is 2.84. The van der Waals surface area contributed by atoms with Crippen molar-refractivity contribution in [2.45, 2.75) is 6.04 Å². The van der Waals surface area contributed by atoms with Crippen LogP contribution in [0.1, 0.15) is 0 Å². The quantitative estimate of drug-likeness (QED) is 0.865. The molecule has 3 saturated heterocycles. The smallest absolute Gasteiger partial charge is 0.319 e. The molecule has 1 unspecified atom stereocenters. The average molecular weight is 278 g/mol. The Bertz CT molecular complexity index is 471. The molecular weight excluding hydrogens is 259 g/mol. The molecule has 3 heterocycles. The maximum absolute atomic E-state index is 12.8. The Morgan fingerprint density at radius 3 is 2.50 bits per heavy atom. The van der Waals surface area contributed by atoms with E-state index in [2.05, 4.69) is 20.4 Å². The van der Waals surface area contributed by atoms with E-state index in [1.54, 1.807) is 12.1 Å². The van der Waals surface area contributed by atoms with Crippen molar-refractivity contribution in [3.8, 4) is 0 Å². The third-order valence-corrected chi connectivity index (χ3v) is 3.99. The lowest BCUT2D eigenvalue weighted by atomic mass is 10.1. The molecule has 20 heavy (non-hydrogen) atoms. The van der Waals surface area contributed by atoms with Gasteiger partial charge in [0.25, 0.3) is 0 Å². The van der Waals surface area contributed by atoms with E-state index in [-0.39, 0.29) is 11.8 Å². The molecule has 0 spiro atoms. The number of piperazine rings is 3. The van der Waals surface area contributed by atoms with Crippen LogP contribution >= 0.6 is 0 Å². The monoisotopic (exact) mass is 278 g/mol. The SMILES string of the molecule is O=C(NCC1CN2CCN1CC2)Nc1ccc(F)cc1. The van der Waals surface area contributed by atoms with Crippen molar-refractivity contribution in [3.63, 3.8) is 0 Å². The van der Waals surface area contributed by atoms with E-state index >= 15 is 0 Å². The summed E-state index contributed by atoms with van der Waals surface area (Å²) >= 11 is 0.